The van der Waals surface area contributed by atoms with Crippen molar-refractivity contribution in [3.8, 4) is 11.5 Å². The van der Waals surface area contributed by atoms with Crippen LogP contribution >= 0.6 is 0 Å². The topological polar surface area (TPSA) is 55.5 Å². The largest absolute Gasteiger partial charge is 0.504 e. The maximum atomic E-state index is 10.1. The minimum atomic E-state index is -0.331. The van der Waals surface area contributed by atoms with Gasteiger partial charge in [0, 0.05) is 11.1 Å². The lowest BCUT2D eigenvalue weighted by molar-refractivity contribution is 0.367. The molecule has 2 rings (SSSR count). The fourth-order valence-electron chi connectivity index (χ4n) is 1.90. The predicted molar refractivity (Wildman–Crippen MR) is 63.8 cm³/mol. The van der Waals surface area contributed by atoms with Gasteiger partial charge in [-0.3, -0.25) is 0 Å². The molecule has 1 saturated carbocycles. The highest BCUT2D eigenvalue weighted by Gasteiger charge is 2.43. The fraction of sp³-hybridized carbons (Fsp3) is 0.538. The van der Waals surface area contributed by atoms with Gasteiger partial charge in [-0.2, -0.15) is 0 Å². The Kier molecular flexibility index (Phi) is 2.58. The number of aromatic hydroxyl groups is 1. The van der Waals surface area contributed by atoms with Gasteiger partial charge < -0.3 is 15.6 Å². The molecule has 0 aromatic heterocycles. The van der Waals surface area contributed by atoms with Gasteiger partial charge in [0.05, 0.1) is 7.11 Å². The van der Waals surface area contributed by atoms with E-state index >= 15 is 0 Å². The minimum Gasteiger partial charge on any atom is -0.504 e. The molecule has 0 saturated heterocycles. The van der Waals surface area contributed by atoms with E-state index in [1.807, 2.05) is 12.1 Å². The standard InChI is InChI=1S/C13H19NO2/c1-8(2)9-6-10(13(14)4-5-13)12(15)11(7-9)16-3/h6-8,15H,4-5,14H2,1-3H3. The van der Waals surface area contributed by atoms with Crippen molar-refractivity contribution >= 4 is 0 Å². The minimum absolute atomic E-state index is 0.201. The molecule has 0 heterocycles. The zero-order valence-electron chi connectivity index (χ0n) is 10.1. The van der Waals surface area contributed by atoms with Gasteiger partial charge >= 0.3 is 0 Å². The zero-order valence-corrected chi connectivity index (χ0v) is 10.1. The number of ether oxygens (including phenoxy) is 1. The molecule has 3 nitrogen and oxygen atoms in total. The van der Waals surface area contributed by atoms with E-state index < -0.39 is 0 Å². The average Bonchev–Trinajstić information content (AvgIpc) is 2.97. The number of benzene rings is 1. The van der Waals surface area contributed by atoms with E-state index in [-0.39, 0.29) is 11.3 Å². The predicted octanol–water partition coefficient (Wildman–Crippen LogP) is 2.47. The maximum absolute atomic E-state index is 10.1. The number of phenolic OH excluding ortho intramolecular Hbond substituents is 1. The van der Waals surface area contributed by atoms with Gasteiger partial charge in [0.1, 0.15) is 0 Å². The Balaban J connectivity index is 2.54. The third-order valence-electron chi connectivity index (χ3n) is 3.31. The van der Waals surface area contributed by atoms with Crippen LogP contribution in [0.5, 0.6) is 11.5 Å². The number of phenols is 1. The van der Waals surface area contributed by atoms with E-state index in [1.54, 1.807) is 7.11 Å². The van der Waals surface area contributed by atoms with Crippen LogP contribution in [0.4, 0.5) is 0 Å². The van der Waals surface area contributed by atoms with E-state index in [2.05, 4.69) is 13.8 Å². The summed E-state index contributed by atoms with van der Waals surface area (Å²) in [5.41, 5.74) is 7.80. The smallest absolute Gasteiger partial charge is 0.162 e. The quantitative estimate of drug-likeness (QED) is 0.824. The molecule has 0 amide bonds. The van der Waals surface area contributed by atoms with Crippen LogP contribution in [0.2, 0.25) is 0 Å². The highest BCUT2D eigenvalue weighted by atomic mass is 16.5. The highest BCUT2D eigenvalue weighted by Crippen LogP contribution is 2.49. The summed E-state index contributed by atoms with van der Waals surface area (Å²) in [4.78, 5) is 0. The highest BCUT2D eigenvalue weighted by molar-refractivity contribution is 5.53. The molecular weight excluding hydrogens is 202 g/mol. The Morgan fingerprint density at radius 2 is 2.00 bits per heavy atom. The first kappa shape index (κ1) is 11.3. The molecule has 0 spiro atoms. The third kappa shape index (κ3) is 1.76. The SMILES string of the molecule is COc1cc(C(C)C)cc(C2(N)CC2)c1O. The van der Waals surface area contributed by atoms with Crippen molar-refractivity contribution in [2.24, 2.45) is 5.73 Å². The molecule has 1 aliphatic rings. The van der Waals surface area contributed by atoms with Crippen molar-refractivity contribution in [2.75, 3.05) is 7.11 Å². The normalized spacial score (nSPS) is 17.6. The Hall–Kier alpha value is -1.22. The molecule has 1 aliphatic carbocycles. The van der Waals surface area contributed by atoms with Crippen LogP contribution in [0.25, 0.3) is 0 Å². The summed E-state index contributed by atoms with van der Waals surface area (Å²) in [6.45, 7) is 4.23. The molecule has 0 atom stereocenters. The Labute approximate surface area is 96.2 Å². The van der Waals surface area contributed by atoms with E-state index in [9.17, 15) is 5.11 Å². The van der Waals surface area contributed by atoms with Crippen molar-refractivity contribution in [3.63, 3.8) is 0 Å². The molecule has 3 heteroatoms. The van der Waals surface area contributed by atoms with Gasteiger partial charge in [0.2, 0.25) is 0 Å². The first-order chi connectivity index (χ1) is 7.48. The van der Waals surface area contributed by atoms with Crippen LogP contribution in [-0.2, 0) is 5.54 Å². The van der Waals surface area contributed by atoms with Crippen LogP contribution in [-0.4, -0.2) is 12.2 Å². The molecule has 0 radical (unpaired) electrons. The number of nitrogens with two attached hydrogens (primary N) is 1. The number of hydrogen-bond acceptors (Lipinski definition) is 3. The maximum Gasteiger partial charge on any atom is 0.162 e. The van der Waals surface area contributed by atoms with E-state index in [0.717, 1.165) is 24.0 Å². The lowest BCUT2D eigenvalue weighted by atomic mass is 9.95. The first-order valence-corrected chi connectivity index (χ1v) is 5.68. The Morgan fingerprint density at radius 3 is 2.44 bits per heavy atom. The molecule has 1 aromatic carbocycles. The van der Waals surface area contributed by atoms with Crippen LogP contribution in [0.3, 0.4) is 0 Å². The molecule has 0 aliphatic heterocycles. The second kappa shape index (κ2) is 3.67. The second-order valence-electron chi connectivity index (χ2n) is 4.93. The van der Waals surface area contributed by atoms with Crippen molar-refractivity contribution in [2.45, 2.75) is 38.1 Å². The Morgan fingerprint density at radius 1 is 1.38 bits per heavy atom. The van der Waals surface area contributed by atoms with Gasteiger partial charge in [-0.1, -0.05) is 13.8 Å². The summed E-state index contributed by atoms with van der Waals surface area (Å²) in [7, 11) is 1.57. The molecule has 0 bridgehead atoms. The van der Waals surface area contributed by atoms with Gasteiger partial charge in [-0.25, -0.2) is 0 Å². The molecule has 0 unspecified atom stereocenters. The zero-order chi connectivity index (χ0) is 11.9. The van der Waals surface area contributed by atoms with Crippen LogP contribution in [0.1, 0.15) is 43.7 Å². The van der Waals surface area contributed by atoms with Crippen molar-refractivity contribution in [1.82, 2.24) is 0 Å². The average molecular weight is 221 g/mol. The van der Waals surface area contributed by atoms with E-state index in [0.29, 0.717) is 11.7 Å². The van der Waals surface area contributed by atoms with Gasteiger partial charge in [-0.15, -0.1) is 0 Å². The molecular formula is C13H19NO2. The summed E-state index contributed by atoms with van der Waals surface area (Å²) in [6, 6.07) is 3.89. The van der Waals surface area contributed by atoms with Crippen molar-refractivity contribution in [1.29, 1.82) is 0 Å². The number of rotatable bonds is 3. The second-order valence-corrected chi connectivity index (χ2v) is 4.93. The molecule has 88 valence electrons. The summed E-state index contributed by atoms with van der Waals surface area (Å²) >= 11 is 0. The van der Waals surface area contributed by atoms with Crippen LogP contribution in [0, 0.1) is 0 Å². The number of hydrogen-bond donors (Lipinski definition) is 2. The third-order valence-corrected chi connectivity index (χ3v) is 3.31. The summed E-state index contributed by atoms with van der Waals surface area (Å²) in [6.07, 6.45) is 1.87. The fourth-order valence-corrected chi connectivity index (χ4v) is 1.90. The van der Waals surface area contributed by atoms with Crippen molar-refractivity contribution < 1.29 is 9.84 Å². The van der Waals surface area contributed by atoms with Gasteiger partial charge in [0.25, 0.3) is 0 Å². The van der Waals surface area contributed by atoms with E-state index in [4.69, 9.17) is 10.5 Å². The first-order valence-electron chi connectivity index (χ1n) is 5.68. The van der Waals surface area contributed by atoms with Crippen LogP contribution < -0.4 is 10.5 Å². The van der Waals surface area contributed by atoms with Gasteiger partial charge in [-0.05, 0) is 36.5 Å². The van der Waals surface area contributed by atoms with Crippen molar-refractivity contribution in [3.05, 3.63) is 23.3 Å². The van der Waals surface area contributed by atoms with Crippen LogP contribution in [0.15, 0.2) is 12.1 Å². The molecule has 16 heavy (non-hydrogen) atoms. The molecule has 1 fully saturated rings. The molecule has 3 N–H and O–H groups in total. The summed E-state index contributed by atoms with van der Waals surface area (Å²) in [5, 5.41) is 10.1. The summed E-state index contributed by atoms with van der Waals surface area (Å²) < 4.78 is 5.19. The monoisotopic (exact) mass is 221 g/mol. The molecule has 1 aromatic rings. The van der Waals surface area contributed by atoms with Gasteiger partial charge in [0.15, 0.2) is 11.5 Å². The lowest BCUT2D eigenvalue weighted by Gasteiger charge is -2.17. The summed E-state index contributed by atoms with van der Waals surface area (Å²) in [5.74, 6) is 1.13. The lowest BCUT2D eigenvalue weighted by Crippen LogP contribution is -2.19. The number of methoxy groups -OCH3 is 1. The van der Waals surface area contributed by atoms with E-state index in [1.165, 1.54) is 0 Å². The Bertz CT molecular complexity index is 409.